The third kappa shape index (κ3) is 4.65. The lowest BCUT2D eigenvalue weighted by molar-refractivity contribution is 0.209. The maximum Gasteiger partial charge on any atom is 0.409 e. The molecule has 0 unspecified atom stereocenters. The van der Waals surface area contributed by atoms with Crippen molar-refractivity contribution >= 4 is 32.7 Å². The van der Waals surface area contributed by atoms with Crippen LogP contribution in [0.25, 0.3) is 16.7 Å². The van der Waals surface area contributed by atoms with Crippen LogP contribution in [0.2, 0.25) is 0 Å². The fourth-order valence-corrected chi connectivity index (χ4v) is 3.52. The molecule has 2 heterocycles. The molecule has 0 atom stereocenters. The van der Waals surface area contributed by atoms with Crippen molar-refractivity contribution in [2.45, 2.75) is 5.16 Å². The number of carboxylic acid groups (broad SMARTS) is 1. The second kappa shape index (κ2) is 8.31. The number of aromatic nitrogens is 3. The summed E-state index contributed by atoms with van der Waals surface area (Å²) in [4.78, 5) is 32.3. The number of sulfone groups is 1. The number of fused-ring (bicyclic) bond motifs is 1. The van der Waals surface area contributed by atoms with E-state index in [2.05, 4.69) is 15.3 Å². The third-order valence-corrected chi connectivity index (χ3v) is 5.27. The molecule has 2 aromatic heterocycles. The van der Waals surface area contributed by atoms with E-state index >= 15 is 0 Å². The molecule has 33 heavy (non-hydrogen) atoms. The summed E-state index contributed by atoms with van der Waals surface area (Å²) in [5.41, 5.74) is -0.381. The number of pyridine rings is 1. The van der Waals surface area contributed by atoms with Crippen LogP contribution in [-0.2, 0) is 9.84 Å². The van der Waals surface area contributed by atoms with Gasteiger partial charge < -0.3 is 9.84 Å². The normalized spacial score (nSPS) is 11.3. The van der Waals surface area contributed by atoms with Gasteiger partial charge >= 0.3 is 6.09 Å². The first-order valence-corrected chi connectivity index (χ1v) is 11.2. The van der Waals surface area contributed by atoms with Crippen LogP contribution >= 0.6 is 0 Å². The highest BCUT2D eigenvalue weighted by Gasteiger charge is 2.19. The largest absolute Gasteiger partial charge is 0.465 e. The summed E-state index contributed by atoms with van der Waals surface area (Å²) in [6.45, 7) is 0. The van der Waals surface area contributed by atoms with Gasteiger partial charge in [0, 0.05) is 23.5 Å². The Labute approximate surface area is 185 Å². The number of rotatable bonds is 5. The molecule has 4 aromatic rings. The van der Waals surface area contributed by atoms with Crippen LogP contribution in [0.5, 0.6) is 11.5 Å². The molecule has 2 aromatic carbocycles. The molecule has 0 saturated carbocycles. The molecule has 0 aliphatic heterocycles. The molecule has 168 valence electrons. The number of ether oxygens (including phenoxy) is 1. The van der Waals surface area contributed by atoms with Crippen LogP contribution in [0.3, 0.4) is 0 Å². The predicted molar refractivity (Wildman–Crippen MR) is 116 cm³/mol. The zero-order chi connectivity index (χ0) is 23.8. The van der Waals surface area contributed by atoms with Gasteiger partial charge in [-0.25, -0.2) is 22.6 Å². The lowest BCUT2D eigenvalue weighted by atomic mass is 10.2. The van der Waals surface area contributed by atoms with Gasteiger partial charge in [0.05, 0.1) is 5.69 Å². The Morgan fingerprint density at radius 2 is 1.88 bits per heavy atom. The molecular weight excluding hydrogens is 455 g/mol. The molecule has 0 spiro atoms. The van der Waals surface area contributed by atoms with Gasteiger partial charge in [-0.15, -0.1) is 0 Å². The number of nitrogens with zero attached hydrogens (tertiary/aromatic N) is 3. The Balaban J connectivity index is 1.98. The quantitative estimate of drug-likeness (QED) is 0.424. The van der Waals surface area contributed by atoms with Gasteiger partial charge in [0.15, 0.2) is 11.4 Å². The van der Waals surface area contributed by atoms with E-state index in [0.717, 1.165) is 23.0 Å². The fraction of sp³-hybridized carbons (Fsp3) is 0.0476. The molecular formula is C21H15FN4O6S. The number of halogens is 1. The molecule has 2 N–H and O–H groups in total. The third-order valence-electron chi connectivity index (χ3n) is 4.41. The summed E-state index contributed by atoms with van der Waals surface area (Å²) in [7, 11) is -3.79. The van der Waals surface area contributed by atoms with Crippen molar-refractivity contribution in [1.29, 1.82) is 0 Å². The first kappa shape index (κ1) is 21.9. The molecule has 0 saturated heterocycles. The van der Waals surface area contributed by atoms with Crippen molar-refractivity contribution in [3.8, 4) is 17.2 Å². The highest BCUT2D eigenvalue weighted by molar-refractivity contribution is 7.90. The van der Waals surface area contributed by atoms with Crippen LogP contribution in [0.4, 0.5) is 14.9 Å². The Kier molecular flexibility index (Phi) is 5.52. The molecule has 0 fully saturated rings. The highest BCUT2D eigenvalue weighted by Crippen LogP contribution is 2.25. The van der Waals surface area contributed by atoms with Gasteiger partial charge in [-0.2, -0.15) is 4.98 Å². The lowest BCUT2D eigenvalue weighted by Gasteiger charge is -2.14. The summed E-state index contributed by atoms with van der Waals surface area (Å²) in [6, 6.07) is 12.2. The van der Waals surface area contributed by atoms with E-state index in [0.29, 0.717) is 0 Å². The number of hydrogen-bond donors (Lipinski definition) is 2. The number of nitrogens with one attached hydrogen (secondary N) is 1. The maximum atomic E-state index is 13.4. The molecule has 4 rings (SSSR count). The topological polar surface area (TPSA) is 140 Å². The minimum Gasteiger partial charge on any atom is -0.465 e. The second-order valence-electron chi connectivity index (χ2n) is 6.89. The summed E-state index contributed by atoms with van der Waals surface area (Å²) in [6.07, 6.45) is 0.852. The highest BCUT2D eigenvalue weighted by atomic mass is 32.2. The SMILES string of the molecule is CS(=O)(=O)c1ncc2cc(Oc3ccc(F)cc3)c(=O)n(-c3cccc(NC(=O)O)c3)c2n1. The fourth-order valence-electron chi connectivity index (χ4n) is 3.02. The molecule has 0 aliphatic rings. The Bertz CT molecular complexity index is 1550. The van der Waals surface area contributed by atoms with Crippen LogP contribution in [0.1, 0.15) is 0 Å². The first-order chi connectivity index (χ1) is 15.6. The summed E-state index contributed by atoms with van der Waals surface area (Å²) in [5.74, 6) is -0.460. The van der Waals surface area contributed by atoms with Crippen molar-refractivity contribution in [2.24, 2.45) is 0 Å². The molecule has 0 radical (unpaired) electrons. The van der Waals surface area contributed by atoms with E-state index in [1.807, 2.05) is 0 Å². The van der Waals surface area contributed by atoms with Gasteiger partial charge in [0.1, 0.15) is 11.6 Å². The molecule has 0 bridgehead atoms. The van der Waals surface area contributed by atoms with Crippen molar-refractivity contribution in [3.05, 3.63) is 77.0 Å². The average Bonchev–Trinajstić information content (AvgIpc) is 2.74. The van der Waals surface area contributed by atoms with E-state index in [1.54, 1.807) is 0 Å². The summed E-state index contributed by atoms with van der Waals surface area (Å²) >= 11 is 0. The number of amides is 1. The van der Waals surface area contributed by atoms with Gasteiger partial charge in [-0.05, 0) is 48.5 Å². The van der Waals surface area contributed by atoms with Gasteiger partial charge in [-0.1, -0.05) is 6.07 Å². The molecule has 1 amide bonds. The zero-order valence-corrected chi connectivity index (χ0v) is 17.7. The number of benzene rings is 2. The lowest BCUT2D eigenvalue weighted by Crippen LogP contribution is -2.22. The van der Waals surface area contributed by atoms with Crippen LogP contribution in [0.15, 0.2) is 70.7 Å². The molecule has 0 aliphatic carbocycles. The Morgan fingerprint density at radius 1 is 1.15 bits per heavy atom. The zero-order valence-electron chi connectivity index (χ0n) is 16.9. The van der Waals surface area contributed by atoms with E-state index < -0.39 is 32.5 Å². The summed E-state index contributed by atoms with van der Waals surface area (Å²) in [5, 5.41) is 11.0. The van der Waals surface area contributed by atoms with E-state index in [9.17, 15) is 22.4 Å². The van der Waals surface area contributed by atoms with Crippen LogP contribution in [-0.4, -0.2) is 40.4 Å². The first-order valence-electron chi connectivity index (χ1n) is 9.28. The number of hydrogen-bond acceptors (Lipinski definition) is 7. The van der Waals surface area contributed by atoms with Crippen molar-refractivity contribution in [2.75, 3.05) is 11.6 Å². The van der Waals surface area contributed by atoms with E-state index in [4.69, 9.17) is 9.84 Å². The van der Waals surface area contributed by atoms with Gasteiger partial charge in [0.25, 0.3) is 5.56 Å². The van der Waals surface area contributed by atoms with E-state index in [-0.39, 0.29) is 33.9 Å². The van der Waals surface area contributed by atoms with Crippen molar-refractivity contribution in [3.63, 3.8) is 0 Å². The Morgan fingerprint density at radius 3 is 2.55 bits per heavy atom. The minimum absolute atomic E-state index is 0.0330. The van der Waals surface area contributed by atoms with Gasteiger partial charge in [-0.3, -0.25) is 14.7 Å². The van der Waals surface area contributed by atoms with Crippen LogP contribution in [0, 0.1) is 5.82 Å². The average molecular weight is 470 g/mol. The molecule has 10 nitrogen and oxygen atoms in total. The number of carbonyl (C=O) groups is 1. The van der Waals surface area contributed by atoms with Crippen LogP contribution < -0.4 is 15.6 Å². The minimum atomic E-state index is -3.79. The van der Waals surface area contributed by atoms with Crippen molar-refractivity contribution in [1.82, 2.24) is 14.5 Å². The summed E-state index contributed by atoms with van der Waals surface area (Å²) < 4.78 is 43.9. The Hall–Kier alpha value is -4.32. The standard InChI is InChI=1S/C21H15FN4O6S/c1-33(30,31)20-23-11-12-9-17(32-16-7-5-13(22)6-8-16)19(27)26(18(12)25-20)15-4-2-3-14(10-15)24-21(28)29/h2-11,24H,1H3,(H,28,29). The maximum absolute atomic E-state index is 13.4. The smallest absolute Gasteiger partial charge is 0.409 e. The number of anilines is 1. The van der Waals surface area contributed by atoms with Gasteiger partial charge in [0.2, 0.25) is 15.0 Å². The predicted octanol–water partition coefficient (Wildman–Crippen LogP) is 3.21. The second-order valence-corrected chi connectivity index (χ2v) is 8.80. The monoisotopic (exact) mass is 470 g/mol. The molecule has 12 heteroatoms. The van der Waals surface area contributed by atoms with Crippen molar-refractivity contribution < 1.29 is 27.4 Å². The van der Waals surface area contributed by atoms with E-state index in [1.165, 1.54) is 48.7 Å².